The highest BCUT2D eigenvalue weighted by molar-refractivity contribution is 9.11. The van der Waals surface area contributed by atoms with E-state index in [1.165, 1.54) is 0 Å². The smallest absolute Gasteiger partial charge is 0.438 e. The van der Waals surface area contributed by atoms with Crippen molar-refractivity contribution in [1.29, 1.82) is 0 Å². The number of carbonyl (C=O) groups is 1. The molecule has 126 valence electrons. The summed E-state index contributed by atoms with van der Waals surface area (Å²) in [5.41, 5.74) is -0.902. The van der Waals surface area contributed by atoms with E-state index in [4.69, 9.17) is 0 Å². The fraction of sp³-hybridized carbons (Fsp3) is 0.438. The van der Waals surface area contributed by atoms with Gasteiger partial charge in [-0.2, -0.15) is 0 Å². The highest BCUT2D eigenvalue weighted by atomic mass is 79.9. The van der Waals surface area contributed by atoms with Crippen molar-refractivity contribution in [2.75, 3.05) is 0 Å². The largest absolute Gasteiger partial charge is 0.477 e. The van der Waals surface area contributed by atoms with Crippen molar-refractivity contribution in [2.45, 2.75) is 31.8 Å². The van der Waals surface area contributed by atoms with Crippen molar-refractivity contribution in [1.82, 2.24) is 15.0 Å². The molecule has 3 aliphatic rings. The second-order valence-electron chi connectivity index (χ2n) is 6.88. The quantitative estimate of drug-likeness (QED) is 0.815. The molecule has 0 amide bonds. The van der Waals surface area contributed by atoms with Gasteiger partial charge in [-0.1, -0.05) is 53.2 Å². The minimum absolute atomic E-state index is 0.145. The number of nitrogens with zero attached hydrogens (tertiary/aromatic N) is 2. The predicted octanol–water partition coefficient (Wildman–Crippen LogP) is 2.11. The summed E-state index contributed by atoms with van der Waals surface area (Å²) in [6, 6.07) is -0.171. The summed E-state index contributed by atoms with van der Waals surface area (Å²) in [7, 11) is 0. The van der Waals surface area contributed by atoms with Crippen molar-refractivity contribution < 1.29 is 14.4 Å². The number of carboxylic acids is 1. The van der Waals surface area contributed by atoms with E-state index in [0.717, 1.165) is 4.48 Å². The molecule has 1 aliphatic heterocycles. The van der Waals surface area contributed by atoms with Crippen LogP contribution >= 0.6 is 15.9 Å². The molecule has 1 saturated carbocycles. The van der Waals surface area contributed by atoms with Gasteiger partial charge in [0, 0.05) is 9.90 Å². The van der Waals surface area contributed by atoms with Crippen LogP contribution in [0.2, 0.25) is 0 Å². The number of H-pyrrole nitrogens is 1. The van der Waals surface area contributed by atoms with Gasteiger partial charge >= 0.3 is 11.7 Å². The molecule has 2 heterocycles. The van der Waals surface area contributed by atoms with Gasteiger partial charge in [-0.05, 0) is 18.4 Å². The van der Waals surface area contributed by atoms with Crippen LogP contribution in [0.25, 0.3) is 0 Å². The summed E-state index contributed by atoms with van der Waals surface area (Å²) in [6.45, 7) is 4.01. The van der Waals surface area contributed by atoms with Crippen LogP contribution in [0.1, 0.15) is 26.1 Å². The fourth-order valence-electron chi connectivity index (χ4n) is 4.06. The first-order valence-corrected chi connectivity index (χ1v) is 8.46. The topological polar surface area (TPSA) is 99.4 Å². The molecule has 2 N–H and O–H groups in total. The van der Waals surface area contributed by atoms with E-state index in [1.807, 2.05) is 37.0 Å². The maximum Gasteiger partial charge on any atom is 0.438 e. The number of halogens is 1. The van der Waals surface area contributed by atoms with E-state index in [0.29, 0.717) is 12.2 Å². The van der Waals surface area contributed by atoms with Crippen LogP contribution in [0.15, 0.2) is 43.8 Å². The number of carboxylic acid groups (broad SMARTS) is 1. The molecule has 4 atom stereocenters. The van der Waals surface area contributed by atoms with Gasteiger partial charge in [0.05, 0.1) is 6.04 Å². The third-order valence-corrected chi connectivity index (χ3v) is 5.77. The minimum Gasteiger partial charge on any atom is -0.477 e. The molecular formula is C16H16BrN3O4. The summed E-state index contributed by atoms with van der Waals surface area (Å²) >= 11 is 3.47. The van der Waals surface area contributed by atoms with Crippen molar-refractivity contribution in [3.05, 3.63) is 50.9 Å². The monoisotopic (exact) mass is 393 g/mol. The van der Waals surface area contributed by atoms with Crippen molar-refractivity contribution in [2.24, 2.45) is 11.3 Å². The normalized spacial score (nSPS) is 37.0. The molecule has 2 aliphatic carbocycles. The molecule has 4 rings (SSSR count). The van der Waals surface area contributed by atoms with Crippen LogP contribution < -0.4 is 5.76 Å². The molecule has 0 aromatic carbocycles. The molecule has 1 aromatic heterocycles. The third kappa shape index (κ3) is 1.92. The number of nitrogens with one attached hydrogen (secondary N) is 1. The first-order valence-electron chi connectivity index (χ1n) is 7.66. The number of hydrogen-bond acceptors (Lipinski definition) is 5. The van der Waals surface area contributed by atoms with Gasteiger partial charge in [-0.3, -0.25) is 9.51 Å². The molecule has 7 nitrogen and oxygen atoms in total. The van der Waals surface area contributed by atoms with Crippen LogP contribution in [0.4, 0.5) is 0 Å². The maximum atomic E-state index is 11.9. The number of aromatic nitrogens is 2. The highest BCUT2D eigenvalue weighted by Gasteiger charge is 2.65. The third-order valence-electron chi connectivity index (χ3n) is 5.28. The number of hydrogen-bond donors (Lipinski definition) is 2. The minimum atomic E-state index is -0.993. The van der Waals surface area contributed by atoms with Crippen molar-refractivity contribution in [3.63, 3.8) is 0 Å². The van der Waals surface area contributed by atoms with Crippen LogP contribution in [0.3, 0.4) is 0 Å². The zero-order valence-corrected chi connectivity index (χ0v) is 14.7. The molecule has 24 heavy (non-hydrogen) atoms. The van der Waals surface area contributed by atoms with Gasteiger partial charge in [0.2, 0.25) is 0 Å². The highest BCUT2D eigenvalue weighted by Crippen LogP contribution is 2.61. The van der Waals surface area contributed by atoms with Gasteiger partial charge in [-0.25, -0.2) is 9.59 Å². The number of rotatable bonds is 3. The standard InChI is InChI=1S/C16H16BrN3O4/c1-8-5-16(8,13-18-14(23)24-19-13)20-10(12(21)22)7-15(2)6-9(17)3-4-11(15)20/h3-4,6-8,11H,5H2,1-2H3,(H,21,22)(H,18,19,23)/t8-,11?,15?,16-/m0/s1. The lowest BCUT2D eigenvalue weighted by atomic mass is 9.80. The average Bonchev–Trinajstić information content (AvgIpc) is 2.85. The van der Waals surface area contributed by atoms with E-state index in [1.54, 1.807) is 6.08 Å². The Bertz CT molecular complexity index is 882. The van der Waals surface area contributed by atoms with Crippen LogP contribution in [-0.4, -0.2) is 32.2 Å². The molecule has 0 radical (unpaired) electrons. The zero-order valence-electron chi connectivity index (χ0n) is 13.1. The Labute approximate surface area is 145 Å². The van der Waals surface area contributed by atoms with E-state index in [9.17, 15) is 14.7 Å². The Kier molecular flexibility index (Phi) is 3.04. The van der Waals surface area contributed by atoms with Crippen LogP contribution in [0, 0.1) is 11.3 Å². The van der Waals surface area contributed by atoms with E-state index in [2.05, 4.69) is 30.6 Å². The van der Waals surface area contributed by atoms with E-state index in [-0.39, 0.29) is 17.7 Å². The fourth-order valence-corrected chi connectivity index (χ4v) is 4.70. The zero-order chi connectivity index (χ0) is 17.3. The molecule has 8 heteroatoms. The summed E-state index contributed by atoms with van der Waals surface area (Å²) in [5, 5.41) is 13.6. The van der Waals surface area contributed by atoms with Crippen molar-refractivity contribution >= 4 is 21.9 Å². The van der Waals surface area contributed by atoms with Gasteiger partial charge in [-0.15, -0.1) is 0 Å². The molecule has 1 aromatic rings. The Morgan fingerprint density at radius 3 is 2.79 bits per heavy atom. The Morgan fingerprint density at radius 1 is 1.54 bits per heavy atom. The molecule has 0 saturated heterocycles. The van der Waals surface area contributed by atoms with Gasteiger partial charge in [0.25, 0.3) is 0 Å². The first kappa shape index (κ1) is 15.4. The summed E-state index contributed by atoms with van der Waals surface area (Å²) in [5.74, 6) is -1.09. The lowest BCUT2D eigenvalue weighted by Gasteiger charge is -2.40. The van der Waals surface area contributed by atoms with Gasteiger partial charge in [0.1, 0.15) is 11.2 Å². The lowest BCUT2D eigenvalue weighted by Crippen LogP contribution is -2.47. The molecule has 0 bridgehead atoms. The SMILES string of the molecule is C[C@H]1C[C@]1(c1noc(=O)[nH]1)N1C(C(=O)O)=CC2(C)C=C(Br)C=CC12. The summed E-state index contributed by atoms with van der Waals surface area (Å²) < 4.78 is 5.59. The molecule has 1 fully saturated rings. The van der Waals surface area contributed by atoms with Gasteiger partial charge < -0.3 is 10.0 Å². The second kappa shape index (κ2) is 4.72. The molecule has 0 spiro atoms. The number of fused-ring (bicyclic) bond motifs is 1. The Hall–Kier alpha value is -2.09. The Balaban J connectivity index is 1.88. The van der Waals surface area contributed by atoms with Crippen LogP contribution in [0.5, 0.6) is 0 Å². The molecular weight excluding hydrogens is 378 g/mol. The number of aliphatic carboxylic acids is 1. The Morgan fingerprint density at radius 2 is 2.25 bits per heavy atom. The van der Waals surface area contributed by atoms with E-state index < -0.39 is 22.7 Å². The number of aromatic amines is 1. The lowest BCUT2D eigenvalue weighted by molar-refractivity contribution is -0.135. The number of allylic oxidation sites excluding steroid dienone is 2. The average molecular weight is 394 g/mol. The molecule has 2 unspecified atom stereocenters. The van der Waals surface area contributed by atoms with Crippen molar-refractivity contribution in [3.8, 4) is 0 Å². The van der Waals surface area contributed by atoms with E-state index >= 15 is 0 Å². The summed E-state index contributed by atoms with van der Waals surface area (Å²) in [4.78, 5) is 27.8. The first-order chi connectivity index (χ1) is 11.3. The van der Waals surface area contributed by atoms with Gasteiger partial charge in [0.15, 0.2) is 5.82 Å². The summed E-state index contributed by atoms with van der Waals surface area (Å²) in [6.07, 6.45) is 8.39. The van der Waals surface area contributed by atoms with Crippen LogP contribution in [-0.2, 0) is 10.3 Å². The predicted molar refractivity (Wildman–Crippen MR) is 88.2 cm³/mol. The second-order valence-corrected chi connectivity index (χ2v) is 7.79. The maximum absolute atomic E-state index is 11.9.